The van der Waals surface area contributed by atoms with Gasteiger partial charge in [0, 0.05) is 13.1 Å². The number of benzene rings is 1. The van der Waals surface area contributed by atoms with Crippen LogP contribution in [0.15, 0.2) is 18.2 Å². The number of hydrogen-bond donors (Lipinski definition) is 2. The van der Waals surface area contributed by atoms with Crippen molar-refractivity contribution < 1.29 is 5.11 Å². The second-order valence-corrected chi connectivity index (χ2v) is 5.75. The van der Waals surface area contributed by atoms with Crippen LogP contribution in [0, 0.1) is 0 Å². The molecule has 1 aliphatic heterocycles. The van der Waals surface area contributed by atoms with Crippen LogP contribution < -0.4 is 10.2 Å². The fourth-order valence-corrected chi connectivity index (χ4v) is 3.43. The van der Waals surface area contributed by atoms with E-state index in [1.807, 2.05) is 6.07 Å². The highest BCUT2D eigenvalue weighted by molar-refractivity contribution is 8.93. The number of fused-ring (bicyclic) bond motifs is 1. The second-order valence-electron chi connectivity index (χ2n) is 4.74. The summed E-state index contributed by atoms with van der Waals surface area (Å²) in [7, 11) is 2.12. The standard InChI is InChI=1S/C13H17N3OS.2BrH/c1-16(9-4-6-14-7-5-9)13-15-11-3-2-10(17)8-12(11)18-13;;/h2-3,8-9,14,17H,4-7H2,1H3;2*1H. The van der Waals surface area contributed by atoms with Crippen LogP contribution in [-0.2, 0) is 0 Å². The van der Waals surface area contributed by atoms with E-state index < -0.39 is 0 Å². The number of nitrogens with one attached hydrogen (secondary N) is 1. The normalized spacial score (nSPS) is 15.4. The lowest BCUT2D eigenvalue weighted by Gasteiger charge is -2.31. The lowest BCUT2D eigenvalue weighted by atomic mass is 10.1. The van der Waals surface area contributed by atoms with Crippen molar-refractivity contribution in [3.8, 4) is 5.75 Å². The summed E-state index contributed by atoms with van der Waals surface area (Å²) in [6.45, 7) is 2.17. The second kappa shape index (κ2) is 7.59. The van der Waals surface area contributed by atoms with Gasteiger partial charge in [-0.25, -0.2) is 4.98 Å². The molecule has 2 N–H and O–H groups in total. The number of halogens is 2. The van der Waals surface area contributed by atoms with Crippen molar-refractivity contribution in [3.63, 3.8) is 0 Å². The lowest BCUT2D eigenvalue weighted by Crippen LogP contribution is -2.41. The minimum atomic E-state index is 0. The minimum absolute atomic E-state index is 0. The molecule has 1 saturated heterocycles. The Morgan fingerprint density at radius 1 is 1.30 bits per heavy atom. The third-order valence-corrected chi connectivity index (χ3v) is 4.63. The number of aromatic hydroxyl groups is 1. The molecule has 20 heavy (non-hydrogen) atoms. The molecule has 0 aliphatic carbocycles. The molecule has 0 saturated carbocycles. The van der Waals surface area contributed by atoms with E-state index in [4.69, 9.17) is 0 Å². The number of piperidine rings is 1. The molecule has 2 heterocycles. The molecule has 0 atom stereocenters. The fourth-order valence-electron chi connectivity index (χ4n) is 2.40. The Labute approximate surface area is 143 Å². The van der Waals surface area contributed by atoms with Crippen molar-refractivity contribution in [2.75, 3.05) is 25.0 Å². The smallest absolute Gasteiger partial charge is 0.186 e. The third-order valence-electron chi connectivity index (χ3n) is 3.52. The molecule has 1 aliphatic rings. The van der Waals surface area contributed by atoms with Gasteiger partial charge >= 0.3 is 0 Å². The van der Waals surface area contributed by atoms with Crippen molar-refractivity contribution in [3.05, 3.63) is 18.2 Å². The summed E-state index contributed by atoms with van der Waals surface area (Å²) >= 11 is 1.65. The van der Waals surface area contributed by atoms with Crippen molar-refractivity contribution in [2.24, 2.45) is 0 Å². The molecular weight excluding hydrogens is 406 g/mol. The van der Waals surface area contributed by atoms with Crippen molar-refractivity contribution >= 4 is 60.6 Å². The zero-order valence-electron chi connectivity index (χ0n) is 11.2. The topological polar surface area (TPSA) is 48.4 Å². The summed E-state index contributed by atoms with van der Waals surface area (Å²) in [6, 6.07) is 5.92. The maximum Gasteiger partial charge on any atom is 0.186 e. The molecule has 1 aromatic heterocycles. The number of phenolic OH excluding ortho intramolecular Hbond substituents is 1. The van der Waals surface area contributed by atoms with Gasteiger partial charge in [0.15, 0.2) is 5.13 Å². The monoisotopic (exact) mass is 423 g/mol. The Hall–Kier alpha value is -0.370. The van der Waals surface area contributed by atoms with Crippen LogP contribution in [0.4, 0.5) is 5.13 Å². The maximum absolute atomic E-state index is 9.48. The highest BCUT2D eigenvalue weighted by Crippen LogP contribution is 2.32. The summed E-state index contributed by atoms with van der Waals surface area (Å²) < 4.78 is 1.05. The van der Waals surface area contributed by atoms with E-state index >= 15 is 0 Å². The van der Waals surface area contributed by atoms with Gasteiger partial charge in [0.25, 0.3) is 0 Å². The first-order chi connectivity index (χ1) is 8.74. The predicted octanol–water partition coefficient (Wildman–Crippen LogP) is 3.35. The average Bonchev–Trinajstić information content (AvgIpc) is 2.81. The summed E-state index contributed by atoms with van der Waals surface area (Å²) in [5, 5.41) is 13.9. The Morgan fingerprint density at radius 2 is 2.00 bits per heavy atom. The minimum Gasteiger partial charge on any atom is -0.508 e. The summed E-state index contributed by atoms with van der Waals surface area (Å²) in [4.78, 5) is 6.92. The molecule has 0 radical (unpaired) electrons. The van der Waals surface area contributed by atoms with Gasteiger partial charge in [0.05, 0.1) is 10.2 Å². The summed E-state index contributed by atoms with van der Waals surface area (Å²) in [5.74, 6) is 0.308. The van der Waals surface area contributed by atoms with Crippen molar-refractivity contribution in [1.29, 1.82) is 0 Å². The van der Waals surface area contributed by atoms with Crippen LogP contribution in [0.3, 0.4) is 0 Å². The first-order valence-corrected chi connectivity index (χ1v) is 7.09. The molecule has 7 heteroatoms. The van der Waals surface area contributed by atoms with Gasteiger partial charge in [-0.05, 0) is 44.1 Å². The van der Waals surface area contributed by atoms with E-state index in [0.717, 1.165) is 41.3 Å². The van der Waals surface area contributed by atoms with Crippen LogP contribution in [0.25, 0.3) is 10.2 Å². The molecule has 1 fully saturated rings. The zero-order chi connectivity index (χ0) is 12.5. The molecule has 0 bridgehead atoms. The molecule has 2 aromatic rings. The Bertz CT molecular complexity index is 558. The van der Waals surface area contributed by atoms with Crippen LogP contribution >= 0.6 is 45.3 Å². The molecule has 4 nitrogen and oxygen atoms in total. The van der Waals surface area contributed by atoms with E-state index in [1.165, 1.54) is 0 Å². The molecular formula is C13H19Br2N3OS. The van der Waals surface area contributed by atoms with E-state index in [9.17, 15) is 5.11 Å². The highest BCUT2D eigenvalue weighted by Gasteiger charge is 2.20. The van der Waals surface area contributed by atoms with E-state index in [0.29, 0.717) is 11.8 Å². The molecule has 0 spiro atoms. The van der Waals surface area contributed by atoms with Gasteiger partial charge < -0.3 is 15.3 Å². The zero-order valence-corrected chi connectivity index (χ0v) is 15.4. The number of hydrogen-bond acceptors (Lipinski definition) is 5. The number of nitrogens with zero attached hydrogens (tertiary/aromatic N) is 2. The predicted molar refractivity (Wildman–Crippen MR) is 96.2 cm³/mol. The molecule has 112 valence electrons. The number of thiazole rings is 1. The Kier molecular flexibility index (Phi) is 6.71. The SMILES string of the molecule is Br.Br.CN(c1nc2ccc(O)cc2s1)C1CCNCC1. The average molecular weight is 425 g/mol. The molecule has 0 unspecified atom stereocenters. The number of rotatable bonds is 2. The van der Waals surface area contributed by atoms with E-state index in [2.05, 4.69) is 22.2 Å². The first-order valence-electron chi connectivity index (χ1n) is 6.27. The van der Waals surface area contributed by atoms with Crippen LogP contribution in [0.1, 0.15) is 12.8 Å². The highest BCUT2D eigenvalue weighted by atomic mass is 79.9. The maximum atomic E-state index is 9.48. The van der Waals surface area contributed by atoms with Gasteiger partial charge in [-0.15, -0.1) is 34.0 Å². The number of anilines is 1. The Balaban J connectivity index is 0.000001000. The van der Waals surface area contributed by atoms with Crippen molar-refractivity contribution in [1.82, 2.24) is 10.3 Å². The van der Waals surface area contributed by atoms with Gasteiger partial charge in [0.2, 0.25) is 0 Å². The van der Waals surface area contributed by atoms with Crippen LogP contribution in [-0.4, -0.2) is 36.3 Å². The fraction of sp³-hybridized carbons (Fsp3) is 0.462. The lowest BCUT2D eigenvalue weighted by molar-refractivity contribution is 0.443. The molecule has 0 amide bonds. The third kappa shape index (κ3) is 3.63. The molecule has 1 aromatic carbocycles. The number of aromatic nitrogens is 1. The van der Waals surface area contributed by atoms with Crippen LogP contribution in [0.2, 0.25) is 0 Å². The van der Waals surface area contributed by atoms with Crippen molar-refractivity contribution in [2.45, 2.75) is 18.9 Å². The van der Waals surface area contributed by atoms with Crippen LogP contribution in [0.5, 0.6) is 5.75 Å². The van der Waals surface area contributed by atoms with E-state index in [1.54, 1.807) is 23.5 Å². The van der Waals surface area contributed by atoms with Gasteiger partial charge in [-0.2, -0.15) is 0 Å². The van der Waals surface area contributed by atoms with E-state index in [-0.39, 0.29) is 34.0 Å². The quantitative estimate of drug-likeness (QED) is 0.775. The van der Waals surface area contributed by atoms with Gasteiger partial charge in [-0.1, -0.05) is 11.3 Å². The largest absolute Gasteiger partial charge is 0.508 e. The van der Waals surface area contributed by atoms with Gasteiger partial charge in [-0.3, -0.25) is 0 Å². The number of phenols is 1. The van der Waals surface area contributed by atoms with Gasteiger partial charge in [0.1, 0.15) is 5.75 Å². The Morgan fingerprint density at radius 3 is 2.70 bits per heavy atom. The summed E-state index contributed by atoms with van der Waals surface area (Å²) in [6.07, 6.45) is 2.33. The summed E-state index contributed by atoms with van der Waals surface area (Å²) in [5.41, 5.74) is 0.966. The first kappa shape index (κ1) is 17.7. The molecule has 3 rings (SSSR count).